The summed E-state index contributed by atoms with van der Waals surface area (Å²) in [6.45, 7) is 4.15. The van der Waals surface area contributed by atoms with Gasteiger partial charge in [-0.15, -0.1) is 16.4 Å². The highest BCUT2D eigenvalue weighted by Crippen LogP contribution is 2.36. The Hall–Kier alpha value is -2.54. The maximum Gasteiger partial charge on any atom is 0.265 e. The van der Waals surface area contributed by atoms with Crippen molar-refractivity contribution in [2.24, 2.45) is 0 Å². The summed E-state index contributed by atoms with van der Waals surface area (Å²) in [5.74, 6) is 0.672. The molecule has 0 aliphatic heterocycles. The molecule has 1 fully saturated rings. The van der Waals surface area contributed by atoms with Crippen LogP contribution in [-0.4, -0.2) is 26.1 Å². The monoisotopic (exact) mass is 353 g/mol. The number of rotatable bonds is 5. The van der Waals surface area contributed by atoms with Gasteiger partial charge in [0, 0.05) is 16.1 Å². The number of anilines is 1. The van der Waals surface area contributed by atoms with Crippen LogP contribution in [0.25, 0.3) is 11.4 Å². The molecule has 1 aromatic carbocycles. The summed E-state index contributed by atoms with van der Waals surface area (Å²) >= 11 is 1.55. The quantitative estimate of drug-likeness (QED) is 0.756. The molecule has 1 N–H and O–H groups in total. The van der Waals surface area contributed by atoms with Gasteiger partial charge >= 0.3 is 0 Å². The van der Waals surface area contributed by atoms with Crippen LogP contribution in [0.3, 0.4) is 0 Å². The Kier molecular flexibility index (Phi) is 4.09. The zero-order valence-electron chi connectivity index (χ0n) is 14.2. The molecule has 2 heterocycles. The Morgan fingerprint density at radius 1 is 1.36 bits per heavy atom. The molecule has 1 saturated carbocycles. The molecule has 0 radical (unpaired) electrons. The number of carbonyl (C=O) groups excluding carboxylic acids is 1. The molecule has 2 aromatic heterocycles. The van der Waals surface area contributed by atoms with Gasteiger partial charge in [-0.25, -0.2) is 4.68 Å². The minimum absolute atomic E-state index is 0.0771. The maximum atomic E-state index is 12.5. The smallest absolute Gasteiger partial charge is 0.265 e. The Bertz CT molecular complexity index is 925. The Morgan fingerprint density at radius 2 is 2.20 bits per heavy atom. The van der Waals surface area contributed by atoms with Gasteiger partial charge in [0.05, 0.1) is 10.9 Å². The number of nitrogens with zero attached hydrogens (tertiary/aromatic N) is 4. The highest BCUT2D eigenvalue weighted by Gasteiger charge is 2.28. The topological polar surface area (TPSA) is 72.7 Å². The van der Waals surface area contributed by atoms with Crippen molar-refractivity contribution in [2.45, 2.75) is 39.2 Å². The second-order valence-electron chi connectivity index (χ2n) is 6.28. The van der Waals surface area contributed by atoms with Crippen molar-refractivity contribution in [3.05, 3.63) is 45.6 Å². The Labute approximate surface area is 149 Å². The second kappa shape index (κ2) is 6.40. The first-order valence-electron chi connectivity index (χ1n) is 8.44. The van der Waals surface area contributed by atoms with Crippen molar-refractivity contribution < 1.29 is 4.79 Å². The number of hydrogen-bond acceptors (Lipinski definition) is 5. The third kappa shape index (κ3) is 3.19. The highest BCUT2D eigenvalue weighted by molar-refractivity contribution is 7.14. The maximum absolute atomic E-state index is 12.5. The van der Waals surface area contributed by atoms with Gasteiger partial charge in [0.25, 0.3) is 5.91 Å². The van der Waals surface area contributed by atoms with Crippen molar-refractivity contribution in [3.8, 4) is 11.4 Å². The lowest BCUT2D eigenvalue weighted by Gasteiger charge is -2.07. The van der Waals surface area contributed by atoms with Crippen LogP contribution in [0.15, 0.2) is 30.3 Å². The predicted octanol–water partition coefficient (Wildman–Crippen LogP) is 3.86. The number of nitrogens with one attached hydrogen (secondary N) is 1. The number of hydrogen-bond donors (Lipinski definition) is 1. The number of tetrazole rings is 1. The summed E-state index contributed by atoms with van der Waals surface area (Å²) in [5, 5.41) is 15.0. The minimum Gasteiger partial charge on any atom is -0.321 e. The molecule has 7 heteroatoms. The van der Waals surface area contributed by atoms with Crippen molar-refractivity contribution in [3.63, 3.8) is 0 Å². The van der Waals surface area contributed by atoms with E-state index in [0.29, 0.717) is 6.04 Å². The van der Waals surface area contributed by atoms with E-state index in [4.69, 9.17) is 0 Å². The zero-order chi connectivity index (χ0) is 17.4. The molecule has 0 bridgehead atoms. The number of thiophene rings is 1. The Morgan fingerprint density at radius 3 is 2.92 bits per heavy atom. The molecule has 128 valence electrons. The summed E-state index contributed by atoms with van der Waals surface area (Å²) in [6.07, 6.45) is 3.18. The van der Waals surface area contributed by atoms with E-state index < -0.39 is 0 Å². The fourth-order valence-corrected chi connectivity index (χ4v) is 3.87. The van der Waals surface area contributed by atoms with E-state index in [9.17, 15) is 4.79 Å². The van der Waals surface area contributed by atoms with E-state index in [0.717, 1.165) is 41.2 Å². The van der Waals surface area contributed by atoms with Gasteiger partial charge in [-0.3, -0.25) is 4.79 Å². The number of benzene rings is 1. The van der Waals surface area contributed by atoms with Crippen LogP contribution in [-0.2, 0) is 6.42 Å². The first-order chi connectivity index (χ1) is 12.2. The molecule has 3 aromatic rings. The number of aryl methyl sites for hydroxylation is 2. The standard InChI is InChI=1S/C18H19N5OS/c1-3-15-11(2)9-16(25-15)18(24)19-13-6-4-5-12(10-13)17-20-21-22-23(17)14-7-8-14/h4-6,9-10,14H,3,7-8H2,1-2H3,(H,19,24). The molecular formula is C18H19N5OS. The molecule has 0 atom stereocenters. The SMILES string of the molecule is CCc1sc(C(=O)Nc2cccc(-c3nnnn3C3CC3)c2)cc1C. The van der Waals surface area contributed by atoms with E-state index in [1.165, 1.54) is 10.4 Å². The van der Waals surface area contributed by atoms with Crippen LogP contribution in [0, 0.1) is 6.92 Å². The van der Waals surface area contributed by atoms with Crippen LogP contribution in [0.4, 0.5) is 5.69 Å². The Balaban J connectivity index is 1.57. The third-order valence-corrected chi connectivity index (χ3v) is 5.71. The largest absolute Gasteiger partial charge is 0.321 e. The normalized spacial score (nSPS) is 13.8. The number of aromatic nitrogens is 4. The summed E-state index contributed by atoms with van der Waals surface area (Å²) in [6, 6.07) is 10.0. The van der Waals surface area contributed by atoms with Gasteiger partial charge in [-0.05, 0) is 60.4 Å². The molecule has 25 heavy (non-hydrogen) atoms. The van der Waals surface area contributed by atoms with Crippen LogP contribution in [0.1, 0.15) is 45.9 Å². The molecular weight excluding hydrogens is 334 g/mol. The first kappa shape index (κ1) is 16.0. The molecule has 6 nitrogen and oxygen atoms in total. The van der Waals surface area contributed by atoms with Crippen molar-refractivity contribution >= 4 is 22.9 Å². The average Bonchev–Trinajstić information content (AvgIpc) is 3.21. The van der Waals surface area contributed by atoms with Crippen LogP contribution in [0.2, 0.25) is 0 Å². The lowest BCUT2D eigenvalue weighted by molar-refractivity contribution is 0.103. The van der Waals surface area contributed by atoms with Crippen molar-refractivity contribution in [1.82, 2.24) is 20.2 Å². The number of carbonyl (C=O) groups is 1. The van der Waals surface area contributed by atoms with E-state index in [1.54, 1.807) is 11.3 Å². The summed E-state index contributed by atoms with van der Waals surface area (Å²) in [5.41, 5.74) is 2.83. The molecule has 1 aliphatic carbocycles. The average molecular weight is 353 g/mol. The van der Waals surface area contributed by atoms with E-state index >= 15 is 0 Å². The number of amides is 1. The van der Waals surface area contributed by atoms with Gasteiger partial charge in [-0.1, -0.05) is 19.1 Å². The molecule has 0 unspecified atom stereocenters. The van der Waals surface area contributed by atoms with Gasteiger partial charge in [-0.2, -0.15) is 0 Å². The molecule has 4 rings (SSSR count). The lowest BCUT2D eigenvalue weighted by Crippen LogP contribution is -2.10. The van der Waals surface area contributed by atoms with Crippen molar-refractivity contribution in [2.75, 3.05) is 5.32 Å². The summed E-state index contributed by atoms with van der Waals surface area (Å²) in [7, 11) is 0. The van der Waals surface area contributed by atoms with Crippen molar-refractivity contribution in [1.29, 1.82) is 0 Å². The second-order valence-corrected chi connectivity index (χ2v) is 7.42. The van der Waals surface area contributed by atoms with Crippen LogP contribution < -0.4 is 5.32 Å². The van der Waals surface area contributed by atoms with Gasteiger partial charge in [0.15, 0.2) is 5.82 Å². The fourth-order valence-electron chi connectivity index (χ4n) is 2.86. The predicted molar refractivity (Wildman–Crippen MR) is 97.9 cm³/mol. The van der Waals surface area contributed by atoms with Crippen LogP contribution >= 0.6 is 11.3 Å². The van der Waals surface area contributed by atoms with Gasteiger partial charge in [0.2, 0.25) is 0 Å². The summed E-state index contributed by atoms with van der Waals surface area (Å²) in [4.78, 5) is 14.5. The fraction of sp³-hybridized carbons (Fsp3) is 0.333. The lowest BCUT2D eigenvalue weighted by atomic mass is 10.2. The van der Waals surface area contributed by atoms with E-state index in [-0.39, 0.29) is 5.91 Å². The molecule has 0 saturated heterocycles. The third-order valence-electron chi connectivity index (χ3n) is 4.33. The molecule has 1 aliphatic rings. The van der Waals surface area contributed by atoms with Gasteiger partial charge in [0.1, 0.15) is 0 Å². The van der Waals surface area contributed by atoms with E-state index in [1.807, 2.05) is 41.9 Å². The minimum atomic E-state index is -0.0771. The van der Waals surface area contributed by atoms with E-state index in [2.05, 4.69) is 27.8 Å². The highest BCUT2D eigenvalue weighted by atomic mass is 32.1. The molecule has 1 amide bonds. The van der Waals surface area contributed by atoms with Gasteiger partial charge < -0.3 is 5.32 Å². The summed E-state index contributed by atoms with van der Waals surface area (Å²) < 4.78 is 1.87. The molecule has 0 spiro atoms. The zero-order valence-corrected chi connectivity index (χ0v) is 15.0. The van der Waals surface area contributed by atoms with Crippen LogP contribution in [0.5, 0.6) is 0 Å². The first-order valence-corrected chi connectivity index (χ1v) is 9.26.